The summed E-state index contributed by atoms with van der Waals surface area (Å²) in [6.07, 6.45) is 4.79. The summed E-state index contributed by atoms with van der Waals surface area (Å²) < 4.78 is 0. The molecule has 0 bridgehead atoms. The van der Waals surface area contributed by atoms with Crippen molar-refractivity contribution in [3.63, 3.8) is 0 Å². The lowest BCUT2D eigenvalue weighted by Crippen LogP contribution is -2.28. The molecular formula is C10H17NO. The molecule has 68 valence electrons. The molecule has 2 heteroatoms. The predicted molar refractivity (Wildman–Crippen MR) is 47.7 cm³/mol. The van der Waals surface area contributed by atoms with Crippen molar-refractivity contribution in [1.82, 2.24) is 4.90 Å². The Morgan fingerprint density at radius 1 is 1.33 bits per heavy atom. The molecular weight excluding hydrogens is 150 g/mol. The highest BCUT2D eigenvalue weighted by Crippen LogP contribution is 2.37. The van der Waals surface area contributed by atoms with E-state index < -0.39 is 0 Å². The second-order valence-electron chi connectivity index (χ2n) is 4.10. The largest absolute Gasteiger partial charge is 0.342 e. The number of amides is 1. The zero-order valence-corrected chi connectivity index (χ0v) is 7.75. The van der Waals surface area contributed by atoms with Gasteiger partial charge in [-0.05, 0) is 24.7 Å². The van der Waals surface area contributed by atoms with E-state index in [1.54, 1.807) is 0 Å². The second-order valence-corrected chi connectivity index (χ2v) is 4.10. The summed E-state index contributed by atoms with van der Waals surface area (Å²) in [5, 5.41) is 0. The Balaban J connectivity index is 1.94. The number of likely N-dealkylation sites (tertiary alicyclic amines) is 1. The lowest BCUT2D eigenvalue weighted by molar-refractivity contribution is -0.130. The van der Waals surface area contributed by atoms with Crippen LogP contribution in [0.3, 0.4) is 0 Å². The molecule has 1 amide bonds. The van der Waals surface area contributed by atoms with Gasteiger partial charge in [-0.3, -0.25) is 4.79 Å². The van der Waals surface area contributed by atoms with Gasteiger partial charge < -0.3 is 4.90 Å². The number of hydrogen-bond acceptors (Lipinski definition) is 1. The maximum Gasteiger partial charge on any atom is 0.222 e. The van der Waals surface area contributed by atoms with Crippen LogP contribution >= 0.6 is 0 Å². The predicted octanol–water partition coefficient (Wildman–Crippen LogP) is 1.65. The van der Waals surface area contributed by atoms with Crippen LogP contribution in [-0.2, 0) is 4.79 Å². The van der Waals surface area contributed by atoms with Crippen molar-refractivity contribution in [2.45, 2.75) is 32.6 Å². The van der Waals surface area contributed by atoms with E-state index in [9.17, 15) is 4.79 Å². The van der Waals surface area contributed by atoms with Crippen LogP contribution in [0.5, 0.6) is 0 Å². The molecule has 0 aromatic heterocycles. The van der Waals surface area contributed by atoms with Crippen molar-refractivity contribution < 1.29 is 4.79 Å². The number of nitrogens with zero attached hydrogens (tertiary/aromatic N) is 1. The van der Waals surface area contributed by atoms with Crippen molar-refractivity contribution in [3.05, 3.63) is 0 Å². The van der Waals surface area contributed by atoms with Crippen molar-refractivity contribution >= 4 is 5.91 Å². The van der Waals surface area contributed by atoms with Crippen LogP contribution < -0.4 is 0 Å². The van der Waals surface area contributed by atoms with Gasteiger partial charge in [0.05, 0.1) is 0 Å². The third kappa shape index (κ3) is 1.23. The Hall–Kier alpha value is -0.530. The molecule has 1 aliphatic heterocycles. The first-order valence-corrected chi connectivity index (χ1v) is 5.09. The number of hydrogen-bond donors (Lipinski definition) is 0. The zero-order valence-electron chi connectivity index (χ0n) is 7.75. The Bertz CT molecular complexity index is 178. The van der Waals surface area contributed by atoms with Gasteiger partial charge in [0, 0.05) is 19.5 Å². The summed E-state index contributed by atoms with van der Waals surface area (Å²) >= 11 is 0. The second kappa shape index (κ2) is 3.08. The van der Waals surface area contributed by atoms with Crippen LogP contribution in [0.1, 0.15) is 32.6 Å². The molecule has 0 aromatic rings. The van der Waals surface area contributed by atoms with E-state index in [1.807, 2.05) is 6.92 Å². The van der Waals surface area contributed by atoms with Gasteiger partial charge in [-0.1, -0.05) is 13.3 Å². The lowest BCUT2D eigenvalue weighted by Gasteiger charge is -2.15. The van der Waals surface area contributed by atoms with Crippen molar-refractivity contribution in [3.8, 4) is 0 Å². The van der Waals surface area contributed by atoms with Crippen LogP contribution in [0.4, 0.5) is 0 Å². The van der Waals surface area contributed by atoms with Gasteiger partial charge in [0.25, 0.3) is 0 Å². The van der Waals surface area contributed by atoms with Gasteiger partial charge in [-0.15, -0.1) is 0 Å². The van der Waals surface area contributed by atoms with Gasteiger partial charge in [0.2, 0.25) is 5.91 Å². The van der Waals surface area contributed by atoms with Crippen LogP contribution in [0.2, 0.25) is 0 Å². The quantitative estimate of drug-likeness (QED) is 0.581. The van der Waals surface area contributed by atoms with Crippen LogP contribution in [0, 0.1) is 11.8 Å². The normalized spacial score (nSPS) is 33.9. The Morgan fingerprint density at radius 2 is 1.92 bits per heavy atom. The van der Waals surface area contributed by atoms with E-state index in [2.05, 4.69) is 4.90 Å². The standard InChI is InChI=1S/C10H17NO/c1-2-10(12)11-6-8-4-3-5-9(8)7-11/h8-9H,2-7H2,1H3/t8-,9?/m1/s1. The van der Waals surface area contributed by atoms with Crippen molar-refractivity contribution in [2.75, 3.05) is 13.1 Å². The molecule has 2 aliphatic rings. The van der Waals surface area contributed by atoms with E-state index in [0.29, 0.717) is 12.3 Å². The molecule has 2 fully saturated rings. The van der Waals surface area contributed by atoms with Gasteiger partial charge in [-0.2, -0.15) is 0 Å². The Kier molecular flexibility index (Phi) is 2.07. The molecule has 2 rings (SSSR count). The maximum atomic E-state index is 11.4. The molecule has 1 saturated carbocycles. The summed E-state index contributed by atoms with van der Waals surface area (Å²) in [6.45, 7) is 4.06. The highest BCUT2D eigenvalue weighted by molar-refractivity contribution is 5.76. The molecule has 1 unspecified atom stereocenters. The molecule has 0 radical (unpaired) electrons. The number of rotatable bonds is 1. The van der Waals surface area contributed by atoms with E-state index in [0.717, 1.165) is 24.9 Å². The molecule has 0 N–H and O–H groups in total. The molecule has 12 heavy (non-hydrogen) atoms. The van der Waals surface area contributed by atoms with Crippen molar-refractivity contribution in [1.29, 1.82) is 0 Å². The maximum absolute atomic E-state index is 11.4. The molecule has 1 heterocycles. The summed E-state index contributed by atoms with van der Waals surface area (Å²) in [7, 11) is 0. The van der Waals surface area contributed by atoms with E-state index in [1.165, 1.54) is 19.3 Å². The highest BCUT2D eigenvalue weighted by atomic mass is 16.2. The number of carbonyl (C=O) groups excluding carboxylic acids is 1. The topological polar surface area (TPSA) is 20.3 Å². The summed E-state index contributed by atoms with van der Waals surface area (Å²) in [4.78, 5) is 13.4. The third-order valence-electron chi connectivity index (χ3n) is 3.38. The first-order chi connectivity index (χ1) is 5.81. The first kappa shape index (κ1) is 8.09. The lowest BCUT2D eigenvalue weighted by atomic mass is 10.0. The van der Waals surface area contributed by atoms with Crippen LogP contribution in [0.15, 0.2) is 0 Å². The highest BCUT2D eigenvalue weighted by Gasteiger charge is 2.37. The summed E-state index contributed by atoms with van der Waals surface area (Å²) in [6, 6.07) is 0. The minimum absolute atomic E-state index is 0.351. The number of carbonyl (C=O) groups is 1. The van der Waals surface area contributed by atoms with E-state index >= 15 is 0 Å². The number of fused-ring (bicyclic) bond motifs is 1. The first-order valence-electron chi connectivity index (χ1n) is 5.09. The van der Waals surface area contributed by atoms with Gasteiger partial charge in [0.1, 0.15) is 0 Å². The molecule has 0 aromatic carbocycles. The monoisotopic (exact) mass is 167 g/mol. The molecule has 0 spiro atoms. The van der Waals surface area contributed by atoms with E-state index in [4.69, 9.17) is 0 Å². The fourth-order valence-electron chi connectivity index (χ4n) is 2.66. The Labute approximate surface area is 73.9 Å². The van der Waals surface area contributed by atoms with Crippen LogP contribution in [-0.4, -0.2) is 23.9 Å². The minimum atomic E-state index is 0.351. The van der Waals surface area contributed by atoms with Crippen LogP contribution in [0.25, 0.3) is 0 Å². The fourth-order valence-corrected chi connectivity index (χ4v) is 2.66. The van der Waals surface area contributed by atoms with Gasteiger partial charge in [0.15, 0.2) is 0 Å². The van der Waals surface area contributed by atoms with Gasteiger partial charge in [-0.25, -0.2) is 0 Å². The molecule has 2 nitrogen and oxygen atoms in total. The molecule has 1 aliphatic carbocycles. The third-order valence-corrected chi connectivity index (χ3v) is 3.38. The average Bonchev–Trinajstić information content (AvgIpc) is 2.60. The van der Waals surface area contributed by atoms with E-state index in [-0.39, 0.29) is 0 Å². The Morgan fingerprint density at radius 3 is 2.42 bits per heavy atom. The molecule has 2 atom stereocenters. The average molecular weight is 167 g/mol. The zero-order chi connectivity index (χ0) is 8.55. The summed E-state index contributed by atoms with van der Waals surface area (Å²) in [5.41, 5.74) is 0. The minimum Gasteiger partial charge on any atom is -0.342 e. The fraction of sp³-hybridized carbons (Fsp3) is 0.900. The van der Waals surface area contributed by atoms with Crippen molar-refractivity contribution in [2.24, 2.45) is 11.8 Å². The summed E-state index contributed by atoms with van der Waals surface area (Å²) in [5.74, 6) is 2.05. The van der Waals surface area contributed by atoms with Gasteiger partial charge >= 0.3 is 0 Å². The molecule has 1 saturated heterocycles. The SMILES string of the molecule is CCC(=O)N1CC2CCC[C@@H]2C1. The smallest absolute Gasteiger partial charge is 0.222 e.